The maximum Gasteiger partial charge on any atom is 0.0530 e. The van der Waals surface area contributed by atoms with Crippen LogP contribution in [0.4, 0.5) is 0 Å². The van der Waals surface area contributed by atoms with E-state index in [0.29, 0.717) is 0 Å². The van der Waals surface area contributed by atoms with Gasteiger partial charge in [-0.1, -0.05) is 114 Å². The highest BCUT2D eigenvalue weighted by molar-refractivity contribution is 6.80. The van der Waals surface area contributed by atoms with Crippen molar-refractivity contribution in [3.63, 3.8) is 0 Å². The van der Waals surface area contributed by atoms with Gasteiger partial charge in [-0.2, -0.15) is 0 Å². The monoisotopic (exact) mass is 618 g/mol. The topological polar surface area (TPSA) is 0 Å². The molecular formula is C42H58Si2. The number of benzene rings is 5. The summed E-state index contributed by atoms with van der Waals surface area (Å²) in [6, 6.07) is 31.0. The van der Waals surface area contributed by atoms with Crippen LogP contribution in [0.15, 0.2) is 48.5 Å². The first-order valence-electron chi connectivity index (χ1n) is 17.9. The SMILES string of the molecule is CC[Si](CC)(CC)CCc1c2cc3c(C)ccc(C)c3cc2c(CC[Si](CC)(CC)CC)c2cc3c(C)ccc(C)c3cc12. The van der Waals surface area contributed by atoms with Gasteiger partial charge in [-0.25, -0.2) is 0 Å². The summed E-state index contributed by atoms with van der Waals surface area (Å²) in [4.78, 5) is 0. The van der Waals surface area contributed by atoms with Crippen molar-refractivity contribution in [1.82, 2.24) is 0 Å². The van der Waals surface area contributed by atoms with Crippen LogP contribution in [0.1, 0.15) is 74.9 Å². The molecule has 5 rings (SSSR count). The lowest BCUT2D eigenvalue weighted by Gasteiger charge is -2.30. The predicted molar refractivity (Wildman–Crippen MR) is 207 cm³/mol. The molecule has 234 valence electrons. The molecule has 0 aliphatic heterocycles. The quantitative estimate of drug-likeness (QED) is 0.0963. The van der Waals surface area contributed by atoms with Gasteiger partial charge in [0.1, 0.15) is 0 Å². The molecule has 0 aliphatic rings. The fourth-order valence-corrected chi connectivity index (χ4v) is 15.2. The summed E-state index contributed by atoms with van der Waals surface area (Å²) in [6.45, 7) is 24.1. The first-order chi connectivity index (χ1) is 21.1. The molecule has 0 bridgehead atoms. The molecule has 0 fully saturated rings. The lowest BCUT2D eigenvalue weighted by molar-refractivity contribution is 1.03. The van der Waals surface area contributed by atoms with Crippen LogP contribution in [-0.2, 0) is 12.8 Å². The average molecular weight is 619 g/mol. The summed E-state index contributed by atoms with van der Waals surface area (Å²) in [5, 5.41) is 12.0. The molecule has 0 aliphatic carbocycles. The fraction of sp³-hybridized carbons (Fsp3) is 0.476. The summed E-state index contributed by atoms with van der Waals surface area (Å²) in [5.41, 5.74) is 8.86. The van der Waals surface area contributed by atoms with Gasteiger partial charge in [0.15, 0.2) is 0 Å². The second kappa shape index (κ2) is 13.1. The van der Waals surface area contributed by atoms with Crippen molar-refractivity contribution < 1.29 is 0 Å². The van der Waals surface area contributed by atoms with E-state index in [9.17, 15) is 0 Å². The molecule has 0 nitrogen and oxygen atoms in total. The van der Waals surface area contributed by atoms with Gasteiger partial charge in [0, 0.05) is 0 Å². The maximum absolute atomic E-state index is 2.62. The first kappa shape index (κ1) is 33.0. The lowest BCUT2D eigenvalue weighted by Crippen LogP contribution is -2.31. The summed E-state index contributed by atoms with van der Waals surface area (Å²) in [7, 11) is -2.57. The standard InChI is InChI=1S/C42H58Si2/c1-11-43(12-2,13-3)23-21-33-39-25-35-29(7)17-19-31(9)37(35)27-41(39)34(22-24-44(14-4,15-5)16-6)42-28-38-32(10)20-18-30(8)36(38)26-40(33)42/h17-20,25-28H,11-16,21-24H2,1-10H3. The zero-order chi connectivity index (χ0) is 31.8. The van der Waals surface area contributed by atoms with Crippen molar-refractivity contribution in [2.75, 3.05) is 0 Å². The van der Waals surface area contributed by atoms with Gasteiger partial charge in [0.2, 0.25) is 0 Å². The van der Waals surface area contributed by atoms with Gasteiger partial charge in [0.25, 0.3) is 0 Å². The maximum atomic E-state index is 2.62. The smallest absolute Gasteiger partial charge is 0.0530 e. The minimum atomic E-state index is -1.28. The molecule has 0 heterocycles. The molecule has 5 aromatic carbocycles. The van der Waals surface area contributed by atoms with E-state index in [4.69, 9.17) is 0 Å². The Morgan fingerprint density at radius 2 is 0.591 bits per heavy atom. The Morgan fingerprint density at radius 1 is 0.364 bits per heavy atom. The van der Waals surface area contributed by atoms with E-state index in [1.807, 2.05) is 0 Å². The third-order valence-electron chi connectivity index (χ3n) is 12.8. The second-order valence-corrected chi connectivity index (χ2v) is 25.6. The van der Waals surface area contributed by atoms with Gasteiger partial charge in [-0.05, 0) is 141 Å². The molecule has 0 saturated heterocycles. The molecule has 44 heavy (non-hydrogen) atoms. The zero-order valence-electron chi connectivity index (χ0n) is 29.7. The molecule has 0 spiro atoms. The number of aryl methyl sites for hydroxylation is 6. The molecule has 5 aromatic rings. The molecule has 0 amide bonds. The van der Waals surface area contributed by atoms with Gasteiger partial charge in [0.05, 0.1) is 16.1 Å². The number of rotatable bonds is 12. The van der Waals surface area contributed by atoms with E-state index in [2.05, 4.69) is 118 Å². The number of fused-ring (bicyclic) bond motifs is 4. The van der Waals surface area contributed by atoms with Crippen LogP contribution >= 0.6 is 0 Å². The van der Waals surface area contributed by atoms with E-state index < -0.39 is 16.1 Å². The van der Waals surface area contributed by atoms with Gasteiger partial charge < -0.3 is 0 Å². The minimum Gasteiger partial charge on any atom is -0.0678 e. The van der Waals surface area contributed by atoms with E-state index in [1.165, 1.54) is 105 Å². The molecular weight excluding hydrogens is 561 g/mol. The Balaban J connectivity index is 1.93. The summed E-state index contributed by atoms with van der Waals surface area (Å²) >= 11 is 0. The van der Waals surface area contributed by atoms with Crippen LogP contribution in [0.3, 0.4) is 0 Å². The number of hydrogen-bond acceptors (Lipinski definition) is 0. The Morgan fingerprint density at radius 3 is 0.795 bits per heavy atom. The van der Waals surface area contributed by atoms with Crippen LogP contribution in [-0.4, -0.2) is 16.1 Å². The summed E-state index contributed by atoms with van der Waals surface area (Å²) in [5.74, 6) is 0. The minimum absolute atomic E-state index is 1.21. The van der Waals surface area contributed by atoms with Crippen LogP contribution in [0.25, 0.3) is 43.1 Å². The van der Waals surface area contributed by atoms with Crippen molar-refractivity contribution >= 4 is 59.2 Å². The molecule has 0 saturated carbocycles. The summed E-state index contributed by atoms with van der Waals surface area (Å²) < 4.78 is 0. The van der Waals surface area contributed by atoms with Gasteiger partial charge in [-0.3, -0.25) is 0 Å². The van der Waals surface area contributed by atoms with Crippen molar-refractivity contribution in [3.05, 3.63) is 81.9 Å². The first-order valence-corrected chi connectivity index (χ1v) is 23.6. The van der Waals surface area contributed by atoms with E-state index in [-0.39, 0.29) is 0 Å². The van der Waals surface area contributed by atoms with Crippen molar-refractivity contribution in [2.24, 2.45) is 0 Å². The highest BCUT2D eigenvalue weighted by atomic mass is 28.3. The molecule has 0 aromatic heterocycles. The molecule has 2 heteroatoms. The number of hydrogen-bond donors (Lipinski definition) is 0. The van der Waals surface area contributed by atoms with Crippen LogP contribution < -0.4 is 0 Å². The predicted octanol–water partition coefficient (Wildman–Crippen LogP) is 13.6. The average Bonchev–Trinajstić information content (AvgIpc) is 3.05. The Hall–Kier alpha value is -2.43. The largest absolute Gasteiger partial charge is 0.0678 e. The summed E-state index contributed by atoms with van der Waals surface area (Å²) in [6.07, 6.45) is 2.42. The lowest BCUT2D eigenvalue weighted by atomic mass is 9.85. The van der Waals surface area contributed by atoms with Crippen molar-refractivity contribution in [2.45, 2.75) is 130 Å². The van der Waals surface area contributed by atoms with Crippen LogP contribution in [0.5, 0.6) is 0 Å². The molecule has 0 radical (unpaired) electrons. The Bertz CT molecular complexity index is 1560. The van der Waals surface area contributed by atoms with E-state index in [0.717, 1.165) is 0 Å². The molecule has 0 atom stereocenters. The van der Waals surface area contributed by atoms with Crippen LogP contribution in [0, 0.1) is 27.7 Å². The van der Waals surface area contributed by atoms with E-state index in [1.54, 1.807) is 32.7 Å². The Kier molecular flexibility index (Phi) is 9.83. The zero-order valence-corrected chi connectivity index (χ0v) is 31.7. The third kappa shape index (κ3) is 5.71. The highest BCUT2D eigenvalue weighted by Crippen LogP contribution is 2.43. The van der Waals surface area contributed by atoms with E-state index >= 15 is 0 Å². The van der Waals surface area contributed by atoms with Crippen molar-refractivity contribution in [3.8, 4) is 0 Å². The fourth-order valence-electron chi connectivity index (χ4n) is 8.53. The van der Waals surface area contributed by atoms with Crippen LogP contribution in [0.2, 0.25) is 48.4 Å². The second-order valence-electron chi connectivity index (χ2n) is 14.4. The highest BCUT2D eigenvalue weighted by Gasteiger charge is 2.29. The van der Waals surface area contributed by atoms with Crippen molar-refractivity contribution in [1.29, 1.82) is 0 Å². The molecule has 0 unspecified atom stereocenters. The Labute approximate surface area is 270 Å². The third-order valence-corrected chi connectivity index (χ3v) is 24.4. The normalized spacial score (nSPS) is 12.8. The molecule has 0 N–H and O–H groups in total. The van der Waals surface area contributed by atoms with Gasteiger partial charge >= 0.3 is 0 Å². The van der Waals surface area contributed by atoms with Gasteiger partial charge in [-0.15, -0.1) is 0 Å².